The van der Waals surface area contributed by atoms with Crippen molar-refractivity contribution in [1.29, 1.82) is 0 Å². The molecule has 1 N–H and O–H groups in total. The van der Waals surface area contributed by atoms with E-state index in [1.165, 1.54) is 18.1 Å². The lowest BCUT2D eigenvalue weighted by atomic mass is 10.7. The van der Waals surface area contributed by atoms with Crippen LogP contribution in [-0.4, -0.2) is 38.6 Å². The summed E-state index contributed by atoms with van der Waals surface area (Å²) in [5.74, 6) is 0.463. The molecular weight excluding hydrogens is 252 g/mol. The topological polar surface area (TPSA) is 85.7 Å². The number of aromatic nitrogens is 5. The molecule has 0 saturated heterocycles. The van der Waals surface area contributed by atoms with Gasteiger partial charge in [-0.3, -0.25) is 0 Å². The summed E-state index contributed by atoms with van der Waals surface area (Å²) in [5.41, 5.74) is 0. The first-order chi connectivity index (χ1) is 8.81. The van der Waals surface area contributed by atoms with Crippen molar-refractivity contribution in [1.82, 2.24) is 24.9 Å². The predicted octanol–water partition coefficient (Wildman–Crippen LogP) is 1.25. The Morgan fingerprint density at radius 1 is 1.33 bits per heavy atom. The average molecular weight is 264 g/mol. The van der Waals surface area contributed by atoms with E-state index in [0.29, 0.717) is 23.7 Å². The van der Waals surface area contributed by atoms with Crippen LogP contribution in [0.2, 0.25) is 0 Å². The molecule has 0 spiro atoms. The molecule has 0 atom stereocenters. The summed E-state index contributed by atoms with van der Waals surface area (Å²) in [4.78, 5) is 20.4. The minimum Gasteiger partial charge on any atom is -0.464 e. The molecule has 0 unspecified atom stereocenters. The Hall–Kier alpha value is -1.96. The van der Waals surface area contributed by atoms with Gasteiger partial charge in [-0.2, -0.15) is 15.0 Å². The molecule has 0 amide bonds. The lowest BCUT2D eigenvalue weighted by Crippen LogP contribution is -2.04. The number of ether oxygens (including phenoxy) is 1. The van der Waals surface area contributed by atoms with Crippen molar-refractivity contribution >= 4 is 17.7 Å². The SMILES string of the molecule is CCOc1nc(NC)nc(Sc2ccncn2)n1. The second-order valence-electron chi connectivity index (χ2n) is 3.06. The van der Waals surface area contributed by atoms with Crippen LogP contribution in [0.1, 0.15) is 6.92 Å². The van der Waals surface area contributed by atoms with Gasteiger partial charge in [-0.15, -0.1) is 0 Å². The Morgan fingerprint density at radius 3 is 2.89 bits per heavy atom. The number of hydrogen-bond acceptors (Lipinski definition) is 8. The fourth-order valence-electron chi connectivity index (χ4n) is 1.12. The Bertz CT molecular complexity index is 509. The maximum absolute atomic E-state index is 5.28. The Kier molecular flexibility index (Phi) is 4.24. The highest BCUT2D eigenvalue weighted by Gasteiger charge is 2.08. The number of nitrogens with zero attached hydrogens (tertiary/aromatic N) is 5. The van der Waals surface area contributed by atoms with Crippen LogP contribution < -0.4 is 10.1 Å². The van der Waals surface area contributed by atoms with E-state index in [-0.39, 0.29) is 0 Å². The summed E-state index contributed by atoms with van der Waals surface area (Å²) in [6.07, 6.45) is 3.14. The van der Waals surface area contributed by atoms with Crippen LogP contribution in [0.5, 0.6) is 6.01 Å². The van der Waals surface area contributed by atoms with Gasteiger partial charge in [0.25, 0.3) is 0 Å². The molecule has 0 aromatic carbocycles. The zero-order valence-electron chi connectivity index (χ0n) is 9.99. The van der Waals surface area contributed by atoms with Gasteiger partial charge in [-0.25, -0.2) is 9.97 Å². The van der Waals surface area contributed by atoms with Crippen LogP contribution in [0.15, 0.2) is 28.8 Å². The van der Waals surface area contributed by atoms with Gasteiger partial charge in [-0.05, 0) is 24.8 Å². The van der Waals surface area contributed by atoms with E-state index >= 15 is 0 Å². The number of hydrogen-bond donors (Lipinski definition) is 1. The van der Waals surface area contributed by atoms with Crippen molar-refractivity contribution in [3.05, 3.63) is 18.6 Å². The van der Waals surface area contributed by atoms with Crippen LogP contribution in [0.3, 0.4) is 0 Å². The zero-order chi connectivity index (χ0) is 12.8. The van der Waals surface area contributed by atoms with Crippen molar-refractivity contribution in [2.24, 2.45) is 0 Å². The number of anilines is 1. The highest BCUT2D eigenvalue weighted by atomic mass is 32.2. The predicted molar refractivity (Wildman–Crippen MR) is 66.7 cm³/mol. The smallest absolute Gasteiger partial charge is 0.322 e. The third-order valence-corrected chi connectivity index (χ3v) is 2.66. The first-order valence-corrected chi connectivity index (χ1v) is 6.14. The van der Waals surface area contributed by atoms with Gasteiger partial charge < -0.3 is 10.1 Å². The molecule has 2 rings (SSSR count). The van der Waals surface area contributed by atoms with Crippen LogP contribution in [-0.2, 0) is 0 Å². The molecule has 18 heavy (non-hydrogen) atoms. The molecule has 7 nitrogen and oxygen atoms in total. The molecule has 2 heterocycles. The van der Waals surface area contributed by atoms with Crippen molar-refractivity contribution < 1.29 is 4.74 Å². The molecule has 0 bridgehead atoms. The maximum Gasteiger partial charge on any atom is 0.322 e. The largest absolute Gasteiger partial charge is 0.464 e. The van der Waals surface area contributed by atoms with Gasteiger partial charge in [0, 0.05) is 13.2 Å². The monoisotopic (exact) mass is 264 g/mol. The molecule has 94 valence electrons. The van der Waals surface area contributed by atoms with Crippen LogP contribution in [0.25, 0.3) is 0 Å². The summed E-state index contributed by atoms with van der Waals surface area (Å²) in [5, 5.41) is 4.15. The summed E-state index contributed by atoms with van der Waals surface area (Å²) in [6.45, 7) is 2.38. The molecule has 2 aromatic rings. The second-order valence-corrected chi connectivity index (χ2v) is 4.04. The van der Waals surface area contributed by atoms with E-state index in [4.69, 9.17) is 4.74 Å². The summed E-state index contributed by atoms with van der Waals surface area (Å²) >= 11 is 1.32. The van der Waals surface area contributed by atoms with E-state index in [1.54, 1.807) is 19.3 Å². The van der Waals surface area contributed by atoms with Crippen LogP contribution in [0.4, 0.5) is 5.95 Å². The average Bonchev–Trinajstić information content (AvgIpc) is 2.40. The van der Waals surface area contributed by atoms with Crippen molar-refractivity contribution in [2.45, 2.75) is 17.1 Å². The van der Waals surface area contributed by atoms with E-state index < -0.39 is 0 Å². The molecule has 2 aromatic heterocycles. The molecule has 0 aliphatic rings. The highest BCUT2D eigenvalue weighted by Crippen LogP contribution is 2.23. The van der Waals surface area contributed by atoms with Crippen molar-refractivity contribution in [2.75, 3.05) is 19.0 Å². The van der Waals surface area contributed by atoms with E-state index in [1.807, 2.05) is 6.92 Å². The first-order valence-electron chi connectivity index (χ1n) is 5.32. The third kappa shape index (κ3) is 3.27. The number of nitrogens with one attached hydrogen (secondary N) is 1. The number of rotatable bonds is 5. The zero-order valence-corrected chi connectivity index (χ0v) is 10.8. The van der Waals surface area contributed by atoms with E-state index in [0.717, 1.165) is 5.03 Å². The maximum atomic E-state index is 5.28. The van der Waals surface area contributed by atoms with Crippen molar-refractivity contribution in [3.8, 4) is 6.01 Å². The fraction of sp³-hybridized carbons (Fsp3) is 0.300. The first kappa shape index (κ1) is 12.5. The summed E-state index contributed by atoms with van der Waals surface area (Å²) < 4.78 is 5.28. The van der Waals surface area contributed by atoms with Gasteiger partial charge in [0.15, 0.2) is 0 Å². The molecule has 8 heteroatoms. The van der Waals surface area contributed by atoms with Gasteiger partial charge in [0.05, 0.1) is 6.61 Å². The standard InChI is InChI=1S/C10H12N6OS/c1-3-17-9-14-8(11-2)15-10(16-9)18-7-4-5-12-6-13-7/h4-6H,3H2,1-2H3,(H,11,14,15,16). The van der Waals surface area contributed by atoms with Gasteiger partial charge >= 0.3 is 6.01 Å². The van der Waals surface area contributed by atoms with Gasteiger partial charge in [0.2, 0.25) is 11.1 Å². The third-order valence-electron chi connectivity index (χ3n) is 1.84. The van der Waals surface area contributed by atoms with Crippen LogP contribution >= 0.6 is 11.8 Å². The molecule has 0 radical (unpaired) electrons. The van der Waals surface area contributed by atoms with Gasteiger partial charge in [0.1, 0.15) is 11.4 Å². The van der Waals surface area contributed by atoms with Crippen molar-refractivity contribution in [3.63, 3.8) is 0 Å². The molecule has 0 aliphatic heterocycles. The summed E-state index contributed by atoms with van der Waals surface area (Å²) in [6, 6.07) is 2.09. The van der Waals surface area contributed by atoms with Gasteiger partial charge in [-0.1, -0.05) is 0 Å². The normalized spacial score (nSPS) is 10.1. The summed E-state index contributed by atoms with van der Waals surface area (Å²) in [7, 11) is 1.74. The highest BCUT2D eigenvalue weighted by molar-refractivity contribution is 7.99. The molecule has 0 saturated carbocycles. The Labute approximate surface area is 108 Å². The molecule has 0 aliphatic carbocycles. The van der Waals surface area contributed by atoms with Crippen LogP contribution in [0, 0.1) is 0 Å². The molecule has 0 fully saturated rings. The second kappa shape index (κ2) is 6.10. The van der Waals surface area contributed by atoms with E-state index in [2.05, 4.69) is 30.2 Å². The Morgan fingerprint density at radius 2 is 2.22 bits per heavy atom. The van der Waals surface area contributed by atoms with E-state index in [9.17, 15) is 0 Å². The lowest BCUT2D eigenvalue weighted by molar-refractivity contribution is 0.308. The molecular formula is C10H12N6OS. The minimum atomic E-state index is 0.299. The quantitative estimate of drug-likeness (QED) is 0.808. The lowest BCUT2D eigenvalue weighted by Gasteiger charge is -2.05. The fourth-order valence-corrected chi connectivity index (χ4v) is 1.79. The minimum absolute atomic E-state index is 0.299. The Balaban J connectivity index is 2.24.